The van der Waals surface area contributed by atoms with Crippen molar-refractivity contribution in [3.05, 3.63) is 29.8 Å². The first kappa shape index (κ1) is 12.9. The first-order valence-corrected chi connectivity index (χ1v) is 6.32. The van der Waals surface area contributed by atoms with Crippen LogP contribution in [0.1, 0.15) is 23.2 Å². The van der Waals surface area contributed by atoms with Crippen molar-refractivity contribution >= 4 is 5.91 Å². The molecule has 0 saturated carbocycles. The number of carbonyl (C=O) groups is 1. The first-order chi connectivity index (χ1) is 8.58. The maximum Gasteiger partial charge on any atom is 0.253 e. The summed E-state index contributed by atoms with van der Waals surface area (Å²) in [5, 5.41) is 9.21. The van der Waals surface area contributed by atoms with E-state index in [4.69, 9.17) is 0 Å². The molecule has 4 nitrogen and oxygen atoms in total. The van der Waals surface area contributed by atoms with E-state index in [1.165, 1.54) is 6.42 Å². The predicted molar refractivity (Wildman–Crippen MR) is 70.7 cm³/mol. The van der Waals surface area contributed by atoms with E-state index < -0.39 is 0 Å². The molecule has 1 aromatic rings. The van der Waals surface area contributed by atoms with Crippen LogP contribution in [-0.4, -0.2) is 54.0 Å². The van der Waals surface area contributed by atoms with E-state index in [0.717, 1.165) is 19.5 Å². The van der Waals surface area contributed by atoms with Crippen LogP contribution < -0.4 is 0 Å². The van der Waals surface area contributed by atoms with Gasteiger partial charge in [-0.2, -0.15) is 0 Å². The maximum atomic E-state index is 12.2. The molecule has 1 aromatic carbocycles. The molecule has 1 N–H and O–H groups in total. The van der Waals surface area contributed by atoms with Crippen LogP contribution in [-0.2, 0) is 0 Å². The summed E-state index contributed by atoms with van der Waals surface area (Å²) in [4.78, 5) is 16.2. The zero-order valence-corrected chi connectivity index (χ0v) is 11.0. The fourth-order valence-electron chi connectivity index (χ4n) is 2.43. The maximum absolute atomic E-state index is 12.2. The van der Waals surface area contributed by atoms with E-state index >= 15 is 0 Å². The van der Waals surface area contributed by atoms with Gasteiger partial charge in [-0.25, -0.2) is 0 Å². The first-order valence-electron chi connectivity index (χ1n) is 6.32. The third-order valence-corrected chi connectivity index (χ3v) is 3.62. The van der Waals surface area contributed by atoms with Crippen molar-refractivity contribution in [3.63, 3.8) is 0 Å². The smallest absolute Gasteiger partial charge is 0.253 e. The van der Waals surface area contributed by atoms with Gasteiger partial charge >= 0.3 is 0 Å². The highest BCUT2D eigenvalue weighted by Gasteiger charge is 2.24. The van der Waals surface area contributed by atoms with E-state index in [9.17, 15) is 9.90 Å². The largest absolute Gasteiger partial charge is 0.508 e. The summed E-state index contributed by atoms with van der Waals surface area (Å²) in [6.07, 6.45) is 2.37. The van der Waals surface area contributed by atoms with Crippen molar-refractivity contribution in [2.75, 3.05) is 27.2 Å². The van der Waals surface area contributed by atoms with Crippen LogP contribution in [0.25, 0.3) is 0 Å². The van der Waals surface area contributed by atoms with Crippen molar-refractivity contribution < 1.29 is 9.90 Å². The molecule has 98 valence electrons. The number of phenolic OH excluding ortho intramolecular Hbond substituents is 1. The van der Waals surface area contributed by atoms with Crippen LogP contribution >= 0.6 is 0 Å². The standard InChI is InChI=1S/C14H20N2O2/c1-15-9-3-4-12(15)10-16(2)14(18)11-5-7-13(17)8-6-11/h5-8,12,17H,3-4,9-10H2,1-2H3. The topological polar surface area (TPSA) is 43.8 Å². The second kappa shape index (κ2) is 5.40. The minimum atomic E-state index is 0.00954. The Bertz CT molecular complexity index is 416. The molecular weight excluding hydrogens is 228 g/mol. The molecule has 1 atom stereocenters. The normalized spacial score (nSPS) is 20.0. The molecule has 1 aliphatic rings. The molecule has 1 fully saturated rings. The SMILES string of the molecule is CN(CC1CCCN1C)C(=O)c1ccc(O)cc1. The van der Waals surface area contributed by atoms with Gasteiger partial charge in [-0.15, -0.1) is 0 Å². The Balaban J connectivity index is 1.98. The molecular formula is C14H20N2O2. The lowest BCUT2D eigenvalue weighted by Gasteiger charge is -2.25. The predicted octanol–water partition coefficient (Wildman–Crippen LogP) is 1.56. The van der Waals surface area contributed by atoms with Crippen LogP contribution in [0.3, 0.4) is 0 Å². The third kappa shape index (κ3) is 2.82. The number of rotatable bonds is 3. The molecule has 1 saturated heterocycles. The molecule has 1 amide bonds. The second-order valence-electron chi connectivity index (χ2n) is 5.01. The lowest BCUT2D eigenvalue weighted by molar-refractivity contribution is 0.0761. The van der Waals surface area contributed by atoms with Crippen LogP contribution in [0.4, 0.5) is 0 Å². The van der Waals surface area contributed by atoms with Gasteiger partial charge in [0.1, 0.15) is 5.75 Å². The van der Waals surface area contributed by atoms with Crippen molar-refractivity contribution in [1.29, 1.82) is 0 Å². The number of likely N-dealkylation sites (N-methyl/N-ethyl adjacent to an activating group) is 2. The minimum Gasteiger partial charge on any atom is -0.508 e. The minimum absolute atomic E-state index is 0.00954. The monoisotopic (exact) mass is 248 g/mol. The quantitative estimate of drug-likeness (QED) is 0.882. The molecule has 18 heavy (non-hydrogen) atoms. The average molecular weight is 248 g/mol. The number of hydrogen-bond donors (Lipinski definition) is 1. The van der Waals surface area contributed by atoms with E-state index in [1.54, 1.807) is 29.2 Å². The fraction of sp³-hybridized carbons (Fsp3) is 0.500. The van der Waals surface area contributed by atoms with E-state index in [0.29, 0.717) is 11.6 Å². The van der Waals surface area contributed by atoms with Gasteiger partial charge in [0.2, 0.25) is 0 Å². The van der Waals surface area contributed by atoms with Crippen molar-refractivity contribution in [2.45, 2.75) is 18.9 Å². The highest BCUT2D eigenvalue weighted by Crippen LogP contribution is 2.17. The van der Waals surface area contributed by atoms with E-state index in [1.807, 2.05) is 7.05 Å². The third-order valence-electron chi connectivity index (χ3n) is 3.62. The molecule has 0 radical (unpaired) electrons. The Morgan fingerprint density at radius 3 is 2.67 bits per heavy atom. The summed E-state index contributed by atoms with van der Waals surface area (Å²) in [6, 6.07) is 6.88. The van der Waals surface area contributed by atoms with Crippen molar-refractivity contribution in [3.8, 4) is 5.75 Å². The molecule has 2 rings (SSSR count). The summed E-state index contributed by atoms with van der Waals surface area (Å²) in [7, 11) is 3.94. The fourth-order valence-corrected chi connectivity index (χ4v) is 2.43. The van der Waals surface area contributed by atoms with Gasteiger partial charge in [0.05, 0.1) is 0 Å². The average Bonchev–Trinajstić information content (AvgIpc) is 2.75. The van der Waals surface area contributed by atoms with Crippen LogP contribution in [0, 0.1) is 0 Å². The lowest BCUT2D eigenvalue weighted by Crippen LogP contribution is -2.39. The van der Waals surface area contributed by atoms with Gasteiger partial charge in [-0.1, -0.05) is 0 Å². The van der Waals surface area contributed by atoms with Crippen LogP contribution in [0.5, 0.6) is 5.75 Å². The number of amides is 1. The zero-order chi connectivity index (χ0) is 13.1. The molecule has 0 spiro atoms. The molecule has 1 heterocycles. The Hall–Kier alpha value is -1.55. The Morgan fingerprint density at radius 1 is 1.44 bits per heavy atom. The number of nitrogens with zero attached hydrogens (tertiary/aromatic N) is 2. The number of phenols is 1. The van der Waals surface area contributed by atoms with Crippen LogP contribution in [0.2, 0.25) is 0 Å². The lowest BCUT2D eigenvalue weighted by atomic mass is 10.1. The molecule has 0 aromatic heterocycles. The van der Waals surface area contributed by atoms with Gasteiger partial charge < -0.3 is 14.9 Å². The number of carbonyl (C=O) groups excluding carboxylic acids is 1. The van der Waals surface area contributed by atoms with Gasteiger partial charge in [-0.3, -0.25) is 4.79 Å². The molecule has 4 heteroatoms. The highest BCUT2D eigenvalue weighted by molar-refractivity contribution is 5.94. The van der Waals surface area contributed by atoms with Gasteiger partial charge in [-0.05, 0) is 50.7 Å². The van der Waals surface area contributed by atoms with E-state index in [2.05, 4.69) is 11.9 Å². The van der Waals surface area contributed by atoms with Gasteiger partial charge in [0.25, 0.3) is 5.91 Å². The molecule has 0 aliphatic carbocycles. The summed E-state index contributed by atoms with van der Waals surface area (Å²) >= 11 is 0. The van der Waals surface area contributed by atoms with Crippen molar-refractivity contribution in [1.82, 2.24) is 9.80 Å². The van der Waals surface area contributed by atoms with E-state index in [-0.39, 0.29) is 11.7 Å². The van der Waals surface area contributed by atoms with Gasteiger partial charge in [0.15, 0.2) is 0 Å². The number of likely N-dealkylation sites (tertiary alicyclic amines) is 1. The Kier molecular flexibility index (Phi) is 3.87. The summed E-state index contributed by atoms with van der Waals surface area (Å²) in [5.41, 5.74) is 0.621. The summed E-state index contributed by atoms with van der Waals surface area (Å²) in [6.45, 7) is 1.88. The van der Waals surface area contributed by atoms with Gasteiger partial charge in [0, 0.05) is 25.2 Å². The Labute approximate surface area is 108 Å². The van der Waals surface area contributed by atoms with Crippen LogP contribution in [0.15, 0.2) is 24.3 Å². The number of hydrogen-bond acceptors (Lipinski definition) is 3. The zero-order valence-electron chi connectivity index (χ0n) is 11.0. The molecule has 1 unspecified atom stereocenters. The summed E-state index contributed by atoms with van der Waals surface area (Å²) in [5.74, 6) is 0.194. The number of benzene rings is 1. The second-order valence-corrected chi connectivity index (χ2v) is 5.01. The Morgan fingerprint density at radius 2 is 2.11 bits per heavy atom. The highest BCUT2D eigenvalue weighted by atomic mass is 16.3. The molecule has 1 aliphatic heterocycles. The summed E-state index contributed by atoms with van der Waals surface area (Å²) < 4.78 is 0. The molecule has 0 bridgehead atoms. The van der Waals surface area contributed by atoms with Crippen molar-refractivity contribution in [2.24, 2.45) is 0 Å². The number of aromatic hydroxyl groups is 1.